The minimum atomic E-state index is 0.457. The predicted octanol–water partition coefficient (Wildman–Crippen LogP) is 2.39. The number of aromatic nitrogens is 4. The molecule has 1 aliphatic rings. The molecule has 0 saturated carbocycles. The first kappa shape index (κ1) is 15.1. The van der Waals surface area contributed by atoms with Gasteiger partial charge < -0.3 is 10.2 Å². The summed E-state index contributed by atoms with van der Waals surface area (Å²) in [6.45, 7) is 5.17. The number of hydrogen-bond donors (Lipinski definition) is 1. The highest BCUT2D eigenvalue weighted by atomic mass is 15.3. The minimum Gasteiger partial charge on any atom is -0.337 e. The van der Waals surface area contributed by atoms with E-state index in [-0.39, 0.29) is 0 Å². The van der Waals surface area contributed by atoms with Gasteiger partial charge in [-0.1, -0.05) is 12.1 Å². The van der Waals surface area contributed by atoms with E-state index < -0.39 is 0 Å². The molecule has 0 aliphatic carbocycles. The third-order valence-electron chi connectivity index (χ3n) is 4.64. The lowest BCUT2D eigenvalue weighted by Crippen LogP contribution is -2.46. The molecule has 3 heterocycles. The first-order valence-electron chi connectivity index (χ1n) is 8.59. The molecule has 1 aliphatic heterocycles. The van der Waals surface area contributed by atoms with Crippen LogP contribution in [0.3, 0.4) is 0 Å². The fourth-order valence-electron chi connectivity index (χ4n) is 3.42. The van der Waals surface area contributed by atoms with Gasteiger partial charge in [0, 0.05) is 25.3 Å². The molecule has 6 nitrogen and oxygen atoms in total. The van der Waals surface area contributed by atoms with Crippen molar-refractivity contribution in [2.24, 2.45) is 0 Å². The fourth-order valence-corrected chi connectivity index (χ4v) is 3.42. The van der Waals surface area contributed by atoms with Gasteiger partial charge in [-0.25, -0.2) is 9.97 Å². The Bertz CT molecular complexity index is 821. The van der Waals surface area contributed by atoms with Crippen molar-refractivity contribution in [3.63, 3.8) is 0 Å². The molecule has 1 unspecified atom stereocenters. The quantitative estimate of drug-likeness (QED) is 0.799. The summed E-state index contributed by atoms with van der Waals surface area (Å²) in [6, 6.07) is 10.5. The summed E-state index contributed by atoms with van der Waals surface area (Å²) < 4.78 is 2.02. The number of nitrogens with one attached hydrogen (secondary N) is 1. The molecule has 6 heteroatoms. The van der Waals surface area contributed by atoms with Crippen molar-refractivity contribution >= 4 is 17.0 Å². The number of benzene rings is 1. The second kappa shape index (κ2) is 6.57. The lowest BCUT2D eigenvalue weighted by atomic mass is 10.1. The van der Waals surface area contributed by atoms with E-state index in [0.717, 1.165) is 42.4 Å². The molecule has 24 heavy (non-hydrogen) atoms. The van der Waals surface area contributed by atoms with Crippen LogP contribution in [0.25, 0.3) is 16.9 Å². The first-order chi connectivity index (χ1) is 11.9. The van der Waals surface area contributed by atoms with E-state index in [9.17, 15) is 0 Å². The molecule has 1 atom stereocenters. The summed E-state index contributed by atoms with van der Waals surface area (Å²) in [7, 11) is 0. The number of nitrogens with zero attached hydrogens (tertiary/aromatic N) is 5. The van der Waals surface area contributed by atoms with Crippen LogP contribution in [0.2, 0.25) is 0 Å². The lowest BCUT2D eigenvalue weighted by molar-refractivity contribution is 0.431. The zero-order valence-corrected chi connectivity index (χ0v) is 13.9. The largest absolute Gasteiger partial charge is 0.337 e. The maximum atomic E-state index is 4.82. The maximum absolute atomic E-state index is 4.82. The number of likely N-dealkylation sites (N-methyl/N-ethyl adjacent to an activating group) is 1. The van der Waals surface area contributed by atoms with E-state index in [1.54, 1.807) is 0 Å². The highest BCUT2D eigenvalue weighted by molar-refractivity contribution is 5.76. The molecule has 1 saturated heterocycles. The molecule has 0 radical (unpaired) electrons. The summed E-state index contributed by atoms with van der Waals surface area (Å²) in [5.74, 6) is 1.65. The van der Waals surface area contributed by atoms with Gasteiger partial charge in [0.25, 0.3) is 0 Å². The van der Waals surface area contributed by atoms with E-state index in [1.807, 2.05) is 41.4 Å². The Morgan fingerprint density at radius 3 is 3.00 bits per heavy atom. The molecular weight excluding hydrogens is 300 g/mol. The van der Waals surface area contributed by atoms with Gasteiger partial charge in [0.2, 0.25) is 5.95 Å². The fraction of sp³-hybridized carbons (Fsp3) is 0.389. The second-order valence-electron chi connectivity index (χ2n) is 6.10. The number of anilines is 1. The van der Waals surface area contributed by atoms with Crippen LogP contribution in [0.15, 0.2) is 42.9 Å². The smallest absolute Gasteiger partial charge is 0.227 e. The molecule has 1 N–H and O–H groups in total. The molecule has 0 amide bonds. The molecule has 1 fully saturated rings. The van der Waals surface area contributed by atoms with Crippen molar-refractivity contribution in [1.29, 1.82) is 0 Å². The number of imidazole rings is 1. The molecule has 124 valence electrons. The van der Waals surface area contributed by atoms with E-state index in [4.69, 9.17) is 4.98 Å². The number of fused-ring (bicyclic) bond motifs is 1. The Morgan fingerprint density at radius 2 is 2.17 bits per heavy atom. The highest BCUT2D eigenvalue weighted by Gasteiger charge is 2.22. The second-order valence-corrected chi connectivity index (χ2v) is 6.10. The van der Waals surface area contributed by atoms with Crippen LogP contribution < -0.4 is 10.2 Å². The van der Waals surface area contributed by atoms with Gasteiger partial charge in [-0.3, -0.25) is 4.57 Å². The molecular formula is C18H22N6. The van der Waals surface area contributed by atoms with Gasteiger partial charge in [-0.15, -0.1) is 0 Å². The minimum absolute atomic E-state index is 0.457. The van der Waals surface area contributed by atoms with Crippen LogP contribution in [-0.4, -0.2) is 45.2 Å². The van der Waals surface area contributed by atoms with Crippen molar-refractivity contribution in [2.75, 3.05) is 24.5 Å². The zero-order valence-electron chi connectivity index (χ0n) is 13.9. The van der Waals surface area contributed by atoms with Crippen LogP contribution in [0.5, 0.6) is 0 Å². The summed E-state index contributed by atoms with van der Waals surface area (Å²) >= 11 is 0. The number of piperidine rings is 1. The summed E-state index contributed by atoms with van der Waals surface area (Å²) in [5.41, 5.74) is 2.03. The standard InChI is InChI=1S/C18H22N6/c1-2-23(14-6-5-10-19-12-14)18-20-11-9-17(22-18)24-13-21-15-7-3-4-8-16(15)24/h3-4,7-9,11,13-14,19H,2,5-6,10,12H2,1H3. The molecule has 1 aromatic carbocycles. The van der Waals surface area contributed by atoms with Crippen molar-refractivity contribution < 1.29 is 0 Å². The van der Waals surface area contributed by atoms with Gasteiger partial charge in [0.1, 0.15) is 12.1 Å². The Hall–Kier alpha value is -2.47. The molecule has 0 bridgehead atoms. The van der Waals surface area contributed by atoms with Crippen LogP contribution in [0.4, 0.5) is 5.95 Å². The van der Waals surface area contributed by atoms with Crippen molar-refractivity contribution in [3.8, 4) is 5.82 Å². The Labute approximate surface area is 141 Å². The maximum Gasteiger partial charge on any atom is 0.227 e. The van der Waals surface area contributed by atoms with Crippen LogP contribution in [-0.2, 0) is 0 Å². The van der Waals surface area contributed by atoms with Crippen LogP contribution in [0, 0.1) is 0 Å². The number of hydrogen-bond acceptors (Lipinski definition) is 5. The monoisotopic (exact) mass is 322 g/mol. The van der Waals surface area contributed by atoms with Crippen LogP contribution >= 0.6 is 0 Å². The van der Waals surface area contributed by atoms with Crippen LogP contribution in [0.1, 0.15) is 19.8 Å². The molecule has 4 rings (SSSR count). The molecule has 0 spiro atoms. The SMILES string of the molecule is CCN(c1nccc(-n2cnc3ccccc32)n1)C1CCCNC1. The van der Waals surface area contributed by atoms with Crippen molar-refractivity contribution in [1.82, 2.24) is 24.8 Å². The average molecular weight is 322 g/mol. The van der Waals surface area contributed by atoms with E-state index in [1.165, 1.54) is 12.8 Å². The van der Waals surface area contributed by atoms with Gasteiger partial charge in [-0.2, -0.15) is 4.98 Å². The summed E-state index contributed by atoms with van der Waals surface area (Å²) in [4.78, 5) is 16.1. The topological polar surface area (TPSA) is 58.9 Å². The van der Waals surface area contributed by atoms with E-state index >= 15 is 0 Å². The zero-order chi connectivity index (χ0) is 16.4. The Balaban J connectivity index is 1.70. The average Bonchev–Trinajstić information content (AvgIpc) is 3.08. The van der Waals surface area contributed by atoms with Gasteiger partial charge in [0.15, 0.2) is 0 Å². The third kappa shape index (κ3) is 2.73. The van der Waals surface area contributed by atoms with Crippen molar-refractivity contribution in [3.05, 3.63) is 42.9 Å². The number of rotatable bonds is 4. The van der Waals surface area contributed by atoms with Gasteiger partial charge in [0.05, 0.1) is 11.0 Å². The third-order valence-corrected chi connectivity index (χ3v) is 4.64. The number of para-hydroxylation sites is 2. The van der Waals surface area contributed by atoms with E-state index in [2.05, 4.69) is 33.2 Å². The first-order valence-corrected chi connectivity index (χ1v) is 8.59. The van der Waals surface area contributed by atoms with Gasteiger partial charge in [-0.05, 0) is 44.5 Å². The van der Waals surface area contributed by atoms with E-state index in [0.29, 0.717) is 6.04 Å². The summed E-state index contributed by atoms with van der Waals surface area (Å²) in [6.07, 6.45) is 6.05. The Morgan fingerprint density at radius 1 is 1.25 bits per heavy atom. The molecule has 3 aromatic rings. The normalized spacial score (nSPS) is 18.0. The predicted molar refractivity (Wildman–Crippen MR) is 95.6 cm³/mol. The molecule has 2 aromatic heterocycles. The lowest BCUT2D eigenvalue weighted by Gasteiger charge is -2.34. The highest BCUT2D eigenvalue weighted by Crippen LogP contribution is 2.20. The summed E-state index contributed by atoms with van der Waals surface area (Å²) in [5, 5.41) is 3.47. The van der Waals surface area contributed by atoms with Gasteiger partial charge >= 0.3 is 0 Å². The van der Waals surface area contributed by atoms with Crippen molar-refractivity contribution in [2.45, 2.75) is 25.8 Å². The Kier molecular flexibility index (Phi) is 4.13.